The molecule has 5 heteroatoms. The second-order valence-electron chi connectivity index (χ2n) is 6.52. The lowest BCUT2D eigenvalue weighted by atomic mass is 9.91. The zero-order valence-electron chi connectivity index (χ0n) is 13.6. The lowest BCUT2D eigenvalue weighted by molar-refractivity contribution is 0.0692. The molecule has 2 aromatic carbocycles. The summed E-state index contributed by atoms with van der Waals surface area (Å²) in [5.74, 6) is -1.21. The molecule has 0 aromatic heterocycles. The normalized spacial score (nSPS) is 15.6. The van der Waals surface area contributed by atoms with Gasteiger partial charge in [-0.3, -0.25) is 0 Å². The Morgan fingerprint density at radius 2 is 2.00 bits per heavy atom. The number of rotatable bonds is 3. The largest absolute Gasteiger partial charge is 0.507 e. The van der Waals surface area contributed by atoms with Crippen LogP contribution in [0.15, 0.2) is 42.1 Å². The zero-order valence-corrected chi connectivity index (χ0v) is 14.4. The van der Waals surface area contributed by atoms with Crippen molar-refractivity contribution in [2.75, 3.05) is 11.4 Å². The molecule has 1 saturated heterocycles. The molecule has 2 N–H and O–H groups in total. The second kappa shape index (κ2) is 6.12. The van der Waals surface area contributed by atoms with E-state index < -0.39 is 5.97 Å². The number of carbonyl (C=O) groups is 1. The summed E-state index contributed by atoms with van der Waals surface area (Å²) < 4.78 is 0. The van der Waals surface area contributed by atoms with Gasteiger partial charge < -0.3 is 15.1 Å². The molecule has 0 spiro atoms. The number of hydrogen-bond acceptors (Lipinski definition) is 3. The Labute approximate surface area is 151 Å². The third kappa shape index (κ3) is 2.76. The smallest absolute Gasteiger partial charge is 0.339 e. The predicted octanol–water partition coefficient (Wildman–Crippen LogP) is 4.37. The highest BCUT2D eigenvalue weighted by Gasteiger charge is 2.30. The molecule has 0 radical (unpaired) electrons. The quantitative estimate of drug-likeness (QED) is 0.858. The Bertz CT molecular complexity index is 887. The van der Waals surface area contributed by atoms with Gasteiger partial charge in [0.15, 0.2) is 0 Å². The number of halogens is 1. The van der Waals surface area contributed by atoms with Crippen molar-refractivity contribution in [1.29, 1.82) is 0 Å². The van der Waals surface area contributed by atoms with E-state index in [-0.39, 0.29) is 11.3 Å². The van der Waals surface area contributed by atoms with E-state index in [2.05, 4.69) is 11.0 Å². The van der Waals surface area contributed by atoms with Gasteiger partial charge in [-0.25, -0.2) is 4.79 Å². The van der Waals surface area contributed by atoms with Gasteiger partial charge in [-0.15, -0.1) is 0 Å². The van der Waals surface area contributed by atoms with Crippen LogP contribution in [0.5, 0.6) is 5.75 Å². The summed E-state index contributed by atoms with van der Waals surface area (Å²) in [6.45, 7) is 0.892. The van der Waals surface area contributed by atoms with Crippen LogP contribution >= 0.6 is 11.6 Å². The van der Waals surface area contributed by atoms with E-state index >= 15 is 0 Å². The van der Waals surface area contributed by atoms with Crippen LogP contribution in [0.2, 0.25) is 5.02 Å². The second-order valence-corrected chi connectivity index (χ2v) is 6.96. The fourth-order valence-electron chi connectivity index (χ4n) is 3.79. The minimum atomic E-state index is -1.08. The minimum absolute atomic E-state index is 0.0312. The maximum Gasteiger partial charge on any atom is 0.339 e. The van der Waals surface area contributed by atoms with Crippen LogP contribution in [0.25, 0.3) is 0 Å². The van der Waals surface area contributed by atoms with Gasteiger partial charge in [-0.2, -0.15) is 0 Å². The molecular formula is C20H18ClNO3. The summed E-state index contributed by atoms with van der Waals surface area (Å²) in [5, 5.41) is 20.9. The number of aromatic hydroxyl groups is 1. The molecule has 4 rings (SSSR count). The number of benzene rings is 2. The molecule has 4 nitrogen and oxygen atoms in total. The lowest BCUT2D eigenvalue weighted by Gasteiger charge is -2.29. The summed E-state index contributed by atoms with van der Waals surface area (Å²) in [6, 6.07) is 9.33. The molecule has 2 aliphatic heterocycles. The topological polar surface area (TPSA) is 60.8 Å². The summed E-state index contributed by atoms with van der Waals surface area (Å²) in [6.07, 6.45) is 5.19. The van der Waals surface area contributed by atoms with Gasteiger partial charge in [0.1, 0.15) is 11.3 Å². The van der Waals surface area contributed by atoms with E-state index in [1.165, 1.54) is 5.70 Å². The number of allylic oxidation sites excluding steroid dienone is 2. The highest BCUT2D eigenvalue weighted by molar-refractivity contribution is 6.30. The van der Waals surface area contributed by atoms with E-state index in [0.29, 0.717) is 29.0 Å². The van der Waals surface area contributed by atoms with Gasteiger partial charge in [-0.05, 0) is 48.6 Å². The Morgan fingerprint density at radius 1 is 1.24 bits per heavy atom. The number of anilines is 1. The van der Waals surface area contributed by atoms with Crippen LogP contribution in [0.4, 0.5) is 5.69 Å². The van der Waals surface area contributed by atoms with Crippen molar-refractivity contribution in [3.8, 4) is 5.75 Å². The first-order valence-electron chi connectivity index (χ1n) is 8.36. The molecule has 0 saturated carbocycles. The molecule has 2 aliphatic rings. The number of fused-ring (bicyclic) bond motifs is 3. The zero-order chi connectivity index (χ0) is 17.6. The van der Waals surface area contributed by atoms with Crippen molar-refractivity contribution in [2.24, 2.45) is 0 Å². The van der Waals surface area contributed by atoms with Gasteiger partial charge in [0.25, 0.3) is 0 Å². The third-order valence-corrected chi connectivity index (χ3v) is 5.23. The van der Waals surface area contributed by atoms with Crippen molar-refractivity contribution >= 4 is 23.3 Å². The van der Waals surface area contributed by atoms with Crippen molar-refractivity contribution in [2.45, 2.75) is 25.7 Å². The van der Waals surface area contributed by atoms with Gasteiger partial charge in [0.2, 0.25) is 0 Å². The summed E-state index contributed by atoms with van der Waals surface area (Å²) in [7, 11) is 0. The predicted molar refractivity (Wildman–Crippen MR) is 97.7 cm³/mol. The van der Waals surface area contributed by atoms with Crippen LogP contribution in [0, 0.1) is 0 Å². The molecular weight excluding hydrogens is 338 g/mol. The molecule has 0 unspecified atom stereocenters. The Morgan fingerprint density at radius 3 is 2.72 bits per heavy atom. The molecule has 0 aliphatic carbocycles. The molecule has 1 fully saturated rings. The maximum atomic E-state index is 11.8. The first-order chi connectivity index (χ1) is 12.0. The highest BCUT2D eigenvalue weighted by Crippen LogP contribution is 2.42. The Balaban J connectivity index is 1.83. The van der Waals surface area contributed by atoms with E-state index in [1.807, 2.05) is 18.2 Å². The summed E-state index contributed by atoms with van der Waals surface area (Å²) in [4.78, 5) is 14.0. The first kappa shape index (κ1) is 16.0. The van der Waals surface area contributed by atoms with Crippen LogP contribution < -0.4 is 4.90 Å². The van der Waals surface area contributed by atoms with Crippen LogP contribution in [0.3, 0.4) is 0 Å². The molecule has 25 heavy (non-hydrogen) atoms. The summed E-state index contributed by atoms with van der Waals surface area (Å²) >= 11 is 5.93. The third-order valence-electron chi connectivity index (χ3n) is 4.98. The van der Waals surface area contributed by atoms with E-state index in [9.17, 15) is 15.0 Å². The molecule has 2 heterocycles. The first-order valence-corrected chi connectivity index (χ1v) is 8.74. The van der Waals surface area contributed by atoms with E-state index in [1.54, 1.807) is 12.1 Å². The van der Waals surface area contributed by atoms with Crippen molar-refractivity contribution in [1.82, 2.24) is 0 Å². The van der Waals surface area contributed by atoms with Crippen molar-refractivity contribution in [3.63, 3.8) is 0 Å². The average molecular weight is 356 g/mol. The number of phenols is 1. The number of carboxylic acids is 1. The molecule has 128 valence electrons. The fourth-order valence-corrected chi connectivity index (χ4v) is 3.92. The van der Waals surface area contributed by atoms with Gasteiger partial charge in [0, 0.05) is 34.9 Å². The summed E-state index contributed by atoms with van der Waals surface area (Å²) in [5.41, 5.74) is 4.52. The van der Waals surface area contributed by atoms with Crippen LogP contribution in [-0.4, -0.2) is 22.7 Å². The maximum absolute atomic E-state index is 11.8. The number of aromatic carboxylic acids is 1. The van der Waals surface area contributed by atoms with Gasteiger partial charge in [0.05, 0.1) is 0 Å². The van der Waals surface area contributed by atoms with E-state index in [0.717, 1.165) is 30.6 Å². The Hall–Kier alpha value is -2.46. The van der Waals surface area contributed by atoms with E-state index in [4.69, 9.17) is 11.6 Å². The average Bonchev–Trinajstić information content (AvgIpc) is 3.06. The van der Waals surface area contributed by atoms with Crippen molar-refractivity contribution in [3.05, 3.63) is 69.4 Å². The van der Waals surface area contributed by atoms with Gasteiger partial charge >= 0.3 is 5.97 Å². The SMILES string of the molecule is O=C(O)c1c(O)c(Cc2ccc(Cl)cc2)cc2c1CC=C1CCCN12. The Kier molecular flexibility index (Phi) is 3.92. The monoisotopic (exact) mass is 355 g/mol. The fraction of sp³-hybridized carbons (Fsp3) is 0.250. The number of carboxylic acid groups (broad SMARTS) is 1. The van der Waals surface area contributed by atoms with Crippen molar-refractivity contribution < 1.29 is 15.0 Å². The highest BCUT2D eigenvalue weighted by atomic mass is 35.5. The number of hydrogen-bond donors (Lipinski definition) is 2. The van der Waals surface area contributed by atoms with Crippen LogP contribution in [0.1, 0.15) is 39.9 Å². The molecule has 2 aromatic rings. The molecule has 0 bridgehead atoms. The molecule has 0 amide bonds. The standard InChI is InChI=1S/C20H18ClNO3/c21-14-5-3-12(4-6-14)10-13-11-17-16(18(19(13)23)20(24)25)8-7-15-2-1-9-22(15)17/h3-7,11,23H,1-2,8-10H2,(H,24,25). The van der Waals surface area contributed by atoms with Gasteiger partial charge in [-0.1, -0.05) is 29.8 Å². The van der Waals surface area contributed by atoms with Crippen LogP contribution in [-0.2, 0) is 12.8 Å². The minimum Gasteiger partial charge on any atom is -0.507 e. The number of nitrogens with zero attached hydrogens (tertiary/aromatic N) is 1. The lowest BCUT2D eigenvalue weighted by Crippen LogP contribution is -2.23. The molecule has 0 atom stereocenters.